The van der Waals surface area contributed by atoms with Crippen LogP contribution >= 0.6 is 0 Å². The Morgan fingerprint density at radius 3 is 2.25 bits per heavy atom. The molecule has 0 spiro atoms. The highest BCUT2D eigenvalue weighted by molar-refractivity contribution is 5.33. The van der Waals surface area contributed by atoms with E-state index in [1.807, 2.05) is 0 Å². The quantitative estimate of drug-likeness (QED) is 0.361. The maximum Gasteiger partial charge on any atom is 0.237 e. The maximum absolute atomic E-state index is 9.36. The lowest BCUT2D eigenvalue weighted by molar-refractivity contribution is 0.0376. The number of isocyanates is 1. The molecule has 0 aliphatic heterocycles. The third-order valence-corrected chi connectivity index (χ3v) is 0.616. The Morgan fingerprint density at radius 2 is 2.12 bits per heavy atom. The van der Waals surface area contributed by atoms with Gasteiger partial charge in [-0.15, -0.1) is 0 Å². The molecule has 0 aromatic rings. The van der Waals surface area contributed by atoms with Crippen molar-refractivity contribution in [2.45, 2.75) is 19.3 Å². The molecule has 2 unspecified atom stereocenters. The van der Waals surface area contributed by atoms with E-state index in [9.17, 15) is 4.79 Å². The van der Waals surface area contributed by atoms with E-state index in [-0.39, 0.29) is 0 Å². The molecule has 0 saturated carbocycles. The average Bonchev–Trinajstić information content (AvgIpc) is 1.67. The van der Waals surface area contributed by atoms with Gasteiger partial charge in [-0.2, -0.15) is 4.99 Å². The van der Waals surface area contributed by atoms with E-state index < -0.39 is 12.3 Å². The summed E-state index contributed by atoms with van der Waals surface area (Å²) in [5.74, 6) is 0. The second-order valence-electron chi connectivity index (χ2n) is 1.37. The zero-order chi connectivity index (χ0) is 6.57. The topological polar surface area (TPSA) is 69.9 Å². The van der Waals surface area contributed by atoms with Gasteiger partial charge in [-0.1, -0.05) is 0 Å². The molecule has 0 rings (SSSR count). The molecule has 2 atom stereocenters. The van der Waals surface area contributed by atoms with E-state index in [1.54, 1.807) is 0 Å². The Hall–Kier alpha value is -0.700. The van der Waals surface area contributed by atoms with Crippen LogP contribution in [0.1, 0.15) is 6.92 Å². The normalized spacial score (nSPS) is 16.4. The molecular formula is C4H7NO3. The van der Waals surface area contributed by atoms with Crippen LogP contribution in [0.25, 0.3) is 0 Å². The molecule has 0 aliphatic rings. The Balaban J connectivity index is 3.63. The van der Waals surface area contributed by atoms with Crippen molar-refractivity contribution < 1.29 is 15.0 Å². The summed E-state index contributed by atoms with van der Waals surface area (Å²) in [4.78, 5) is 12.2. The number of aliphatic imine (C=N–C) groups is 1. The van der Waals surface area contributed by atoms with Gasteiger partial charge < -0.3 is 10.2 Å². The first-order valence-electron chi connectivity index (χ1n) is 2.11. The third-order valence-electron chi connectivity index (χ3n) is 0.616. The highest BCUT2D eigenvalue weighted by Gasteiger charge is 2.06. The Bertz CT molecular complexity index is 106. The van der Waals surface area contributed by atoms with E-state index >= 15 is 0 Å². The fraction of sp³-hybridized carbons (Fsp3) is 0.750. The van der Waals surface area contributed by atoms with Gasteiger partial charge in [-0.3, -0.25) is 0 Å². The van der Waals surface area contributed by atoms with Crippen molar-refractivity contribution in [3.05, 3.63) is 0 Å². The van der Waals surface area contributed by atoms with Gasteiger partial charge >= 0.3 is 0 Å². The Kier molecular flexibility index (Phi) is 3.03. The second-order valence-corrected chi connectivity index (χ2v) is 1.37. The van der Waals surface area contributed by atoms with Crippen molar-refractivity contribution in [1.29, 1.82) is 0 Å². The summed E-state index contributed by atoms with van der Waals surface area (Å²) in [6, 6.07) is 0. The van der Waals surface area contributed by atoms with E-state index in [0.29, 0.717) is 0 Å². The predicted molar refractivity (Wildman–Crippen MR) is 25.8 cm³/mol. The zero-order valence-corrected chi connectivity index (χ0v) is 4.40. The molecule has 0 heterocycles. The molecule has 46 valence electrons. The average molecular weight is 117 g/mol. The lowest BCUT2D eigenvalue weighted by Gasteiger charge is -2.03. The van der Waals surface area contributed by atoms with Crippen molar-refractivity contribution in [2.75, 3.05) is 0 Å². The number of aliphatic hydroxyl groups is 2. The molecule has 0 aromatic heterocycles. The largest absolute Gasteiger partial charge is 0.389 e. The molecule has 0 saturated heterocycles. The predicted octanol–water partition coefficient (Wildman–Crippen LogP) is -0.979. The van der Waals surface area contributed by atoms with Gasteiger partial charge in [-0.05, 0) is 6.92 Å². The van der Waals surface area contributed by atoms with Gasteiger partial charge in [0.25, 0.3) is 0 Å². The molecule has 4 heteroatoms. The molecule has 8 heavy (non-hydrogen) atoms. The highest BCUT2D eigenvalue weighted by atomic mass is 16.3. The van der Waals surface area contributed by atoms with Gasteiger partial charge in [0.15, 0.2) is 6.23 Å². The number of aliphatic hydroxyl groups excluding tert-OH is 2. The van der Waals surface area contributed by atoms with Crippen LogP contribution in [0, 0.1) is 0 Å². The smallest absolute Gasteiger partial charge is 0.237 e. The molecule has 0 radical (unpaired) electrons. The molecule has 0 aliphatic carbocycles. The first kappa shape index (κ1) is 7.30. The first-order chi connectivity index (χ1) is 3.68. The van der Waals surface area contributed by atoms with Crippen molar-refractivity contribution >= 4 is 6.08 Å². The summed E-state index contributed by atoms with van der Waals surface area (Å²) in [6.45, 7) is 1.32. The van der Waals surface area contributed by atoms with Crippen LogP contribution in [0.5, 0.6) is 0 Å². The molecular weight excluding hydrogens is 110 g/mol. The van der Waals surface area contributed by atoms with Gasteiger partial charge in [0.05, 0.1) is 6.10 Å². The van der Waals surface area contributed by atoms with Crippen LogP contribution in [0.4, 0.5) is 0 Å². The first-order valence-corrected chi connectivity index (χ1v) is 2.11. The summed E-state index contributed by atoms with van der Waals surface area (Å²) in [5, 5.41) is 16.9. The van der Waals surface area contributed by atoms with Gasteiger partial charge in [-0.25, -0.2) is 4.79 Å². The molecule has 0 bridgehead atoms. The lowest BCUT2D eigenvalue weighted by atomic mass is 10.4. The molecule has 0 amide bonds. The van der Waals surface area contributed by atoms with Gasteiger partial charge in [0.2, 0.25) is 6.08 Å². The molecule has 4 nitrogen and oxygen atoms in total. The maximum atomic E-state index is 9.36. The van der Waals surface area contributed by atoms with Crippen molar-refractivity contribution in [2.24, 2.45) is 4.99 Å². The third kappa shape index (κ3) is 2.47. The molecule has 2 N–H and O–H groups in total. The van der Waals surface area contributed by atoms with Crippen LogP contribution in [0.15, 0.2) is 4.99 Å². The number of nitrogens with zero attached hydrogens (tertiary/aromatic N) is 1. The standard InChI is InChI=1S/C4H7NO3/c1-3(7)4(8)5-2-6/h3-4,7-8H,1H3. The van der Waals surface area contributed by atoms with Crippen LogP contribution in [-0.4, -0.2) is 28.6 Å². The summed E-state index contributed by atoms with van der Waals surface area (Å²) < 4.78 is 0. The fourth-order valence-corrected chi connectivity index (χ4v) is 0.162. The summed E-state index contributed by atoms with van der Waals surface area (Å²) in [5.41, 5.74) is 0. The summed E-state index contributed by atoms with van der Waals surface area (Å²) in [6.07, 6.45) is -1.22. The Labute approximate surface area is 46.5 Å². The van der Waals surface area contributed by atoms with Crippen LogP contribution < -0.4 is 0 Å². The van der Waals surface area contributed by atoms with Crippen molar-refractivity contribution in [3.8, 4) is 0 Å². The lowest BCUT2D eigenvalue weighted by Crippen LogP contribution is -2.19. The Morgan fingerprint density at radius 1 is 1.62 bits per heavy atom. The van der Waals surface area contributed by atoms with Crippen LogP contribution in [-0.2, 0) is 4.79 Å². The number of hydrogen-bond donors (Lipinski definition) is 2. The van der Waals surface area contributed by atoms with E-state index in [1.165, 1.54) is 6.92 Å². The molecule has 0 aromatic carbocycles. The highest BCUT2D eigenvalue weighted by Crippen LogP contribution is 1.89. The van der Waals surface area contributed by atoms with Gasteiger partial charge in [0, 0.05) is 0 Å². The summed E-state index contributed by atoms with van der Waals surface area (Å²) in [7, 11) is 0. The van der Waals surface area contributed by atoms with E-state index in [4.69, 9.17) is 10.2 Å². The summed E-state index contributed by atoms with van der Waals surface area (Å²) >= 11 is 0. The van der Waals surface area contributed by atoms with Crippen LogP contribution in [0.2, 0.25) is 0 Å². The SMILES string of the molecule is CC(O)C(O)N=C=O. The second kappa shape index (κ2) is 3.32. The number of rotatable bonds is 2. The zero-order valence-electron chi connectivity index (χ0n) is 4.40. The van der Waals surface area contributed by atoms with Crippen LogP contribution in [0.3, 0.4) is 0 Å². The van der Waals surface area contributed by atoms with E-state index in [2.05, 4.69) is 4.99 Å². The monoisotopic (exact) mass is 117 g/mol. The van der Waals surface area contributed by atoms with E-state index in [0.717, 1.165) is 6.08 Å². The fourth-order valence-electron chi connectivity index (χ4n) is 0.162. The van der Waals surface area contributed by atoms with Gasteiger partial charge in [0.1, 0.15) is 0 Å². The molecule has 0 fully saturated rings. The van der Waals surface area contributed by atoms with Crippen molar-refractivity contribution in [1.82, 2.24) is 0 Å². The minimum atomic E-state index is -1.33. The number of carbonyl (C=O) groups excluding carboxylic acids is 1. The number of hydrogen-bond acceptors (Lipinski definition) is 4. The minimum absolute atomic E-state index is 1.00. The van der Waals surface area contributed by atoms with Crippen molar-refractivity contribution in [3.63, 3.8) is 0 Å². The minimum Gasteiger partial charge on any atom is -0.389 e.